The van der Waals surface area contributed by atoms with Crippen molar-refractivity contribution in [3.05, 3.63) is 12.2 Å². The summed E-state index contributed by atoms with van der Waals surface area (Å²) in [5, 5.41) is 0. The Morgan fingerprint density at radius 3 is 2.27 bits per heavy atom. The lowest BCUT2D eigenvalue weighted by Gasteiger charge is -2.35. The third-order valence-corrected chi connectivity index (χ3v) is 7.23. The Morgan fingerprint density at radius 1 is 0.909 bits per heavy atom. The highest BCUT2D eigenvalue weighted by Crippen LogP contribution is 2.47. The zero-order valence-electron chi connectivity index (χ0n) is 15.2. The highest BCUT2D eigenvalue weighted by atomic mass is 14.4. The van der Waals surface area contributed by atoms with E-state index >= 15 is 0 Å². The SMILES string of the molecule is C=C(C)C(CC1CCCCC1)C1CCC(CC2CC(C)C2)C1. The lowest BCUT2D eigenvalue weighted by Crippen LogP contribution is -2.23. The topological polar surface area (TPSA) is 0 Å². The fourth-order valence-electron chi connectivity index (χ4n) is 6.00. The highest BCUT2D eigenvalue weighted by molar-refractivity contribution is 5.02. The predicted octanol–water partition coefficient (Wildman–Crippen LogP) is 7.00. The van der Waals surface area contributed by atoms with E-state index in [9.17, 15) is 0 Å². The molecule has 3 rings (SSSR count). The van der Waals surface area contributed by atoms with Crippen LogP contribution in [0.15, 0.2) is 12.2 Å². The van der Waals surface area contributed by atoms with Crippen molar-refractivity contribution in [3.63, 3.8) is 0 Å². The first kappa shape index (κ1) is 16.6. The minimum absolute atomic E-state index is 0.841. The van der Waals surface area contributed by atoms with Crippen LogP contribution in [0.4, 0.5) is 0 Å². The van der Waals surface area contributed by atoms with Crippen molar-refractivity contribution in [1.29, 1.82) is 0 Å². The Bertz CT molecular complexity index is 356. The molecule has 126 valence electrons. The van der Waals surface area contributed by atoms with Gasteiger partial charge in [-0.3, -0.25) is 0 Å². The molecule has 3 aliphatic carbocycles. The Hall–Kier alpha value is -0.260. The molecule has 0 amide bonds. The average Bonchev–Trinajstić information content (AvgIpc) is 2.92. The van der Waals surface area contributed by atoms with E-state index < -0.39 is 0 Å². The van der Waals surface area contributed by atoms with Gasteiger partial charge in [-0.2, -0.15) is 0 Å². The Morgan fingerprint density at radius 2 is 1.64 bits per heavy atom. The van der Waals surface area contributed by atoms with Gasteiger partial charge in [-0.05, 0) is 81.0 Å². The van der Waals surface area contributed by atoms with Crippen molar-refractivity contribution in [1.82, 2.24) is 0 Å². The standard InChI is InChI=1S/C22H38/c1-16(2)22(15-18-7-5-4-6-8-18)21-10-9-19(14-21)13-20-11-17(3)12-20/h17-22H,1,4-15H2,2-3H3. The smallest absolute Gasteiger partial charge is 0.0178 e. The zero-order valence-corrected chi connectivity index (χ0v) is 15.2. The number of allylic oxidation sites excluding steroid dienone is 1. The third-order valence-electron chi connectivity index (χ3n) is 7.23. The maximum Gasteiger partial charge on any atom is -0.0178 e. The lowest BCUT2D eigenvalue weighted by molar-refractivity contribution is 0.170. The van der Waals surface area contributed by atoms with Gasteiger partial charge in [-0.1, -0.05) is 57.6 Å². The minimum atomic E-state index is 0.841. The van der Waals surface area contributed by atoms with Gasteiger partial charge in [0.15, 0.2) is 0 Å². The monoisotopic (exact) mass is 302 g/mol. The molecule has 0 aromatic carbocycles. The van der Waals surface area contributed by atoms with Gasteiger partial charge in [0.05, 0.1) is 0 Å². The number of rotatable bonds is 6. The van der Waals surface area contributed by atoms with Crippen molar-refractivity contribution in [3.8, 4) is 0 Å². The van der Waals surface area contributed by atoms with Gasteiger partial charge in [-0.15, -0.1) is 0 Å². The predicted molar refractivity (Wildman–Crippen MR) is 96.8 cm³/mol. The molecule has 0 spiro atoms. The molecule has 0 heteroatoms. The first-order chi connectivity index (χ1) is 10.6. The summed E-state index contributed by atoms with van der Waals surface area (Å²) >= 11 is 0. The second-order valence-electron chi connectivity index (χ2n) is 9.31. The number of hydrogen-bond acceptors (Lipinski definition) is 0. The molecule has 0 N–H and O–H groups in total. The molecule has 0 aliphatic heterocycles. The van der Waals surface area contributed by atoms with E-state index in [0.29, 0.717) is 0 Å². The van der Waals surface area contributed by atoms with Crippen molar-refractivity contribution in [2.75, 3.05) is 0 Å². The molecule has 0 saturated heterocycles. The van der Waals surface area contributed by atoms with Crippen molar-refractivity contribution >= 4 is 0 Å². The van der Waals surface area contributed by atoms with Crippen LogP contribution in [0, 0.1) is 35.5 Å². The summed E-state index contributed by atoms with van der Waals surface area (Å²) in [4.78, 5) is 0. The molecule has 3 unspecified atom stereocenters. The maximum atomic E-state index is 4.39. The van der Waals surface area contributed by atoms with Gasteiger partial charge in [0.1, 0.15) is 0 Å². The summed E-state index contributed by atoms with van der Waals surface area (Å²) in [5.74, 6) is 5.99. The van der Waals surface area contributed by atoms with E-state index in [2.05, 4.69) is 20.4 Å². The van der Waals surface area contributed by atoms with Gasteiger partial charge in [0, 0.05) is 0 Å². The Kier molecular flexibility index (Phi) is 5.69. The van der Waals surface area contributed by atoms with Gasteiger partial charge >= 0.3 is 0 Å². The molecule has 3 saturated carbocycles. The largest absolute Gasteiger partial charge is 0.0999 e. The first-order valence-electron chi connectivity index (χ1n) is 10.3. The number of hydrogen-bond donors (Lipinski definition) is 0. The first-order valence-corrected chi connectivity index (χ1v) is 10.3. The minimum Gasteiger partial charge on any atom is -0.0999 e. The molecule has 0 heterocycles. The van der Waals surface area contributed by atoms with Gasteiger partial charge in [0.25, 0.3) is 0 Å². The molecule has 3 atom stereocenters. The third kappa shape index (κ3) is 4.18. The molecule has 0 radical (unpaired) electrons. The van der Waals surface area contributed by atoms with Crippen LogP contribution in [0.3, 0.4) is 0 Å². The fourth-order valence-corrected chi connectivity index (χ4v) is 6.00. The summed E-state index contributed by atoms with van der Waals surface area (Å²) < 4.78 is 0. The van der Waals surface area contributed by atoms with E-state index in [1.807, 2.05) is 0 Å². The fraction of sp³-hybridized carbons (Fsp3) is 0.909. The summed E-state index contributed by atoms with van der Waals surface area (Å²) in [7, 11) is 0. The normalized spacial score (nSPS) is 37.7. The molecular weight excluding hydrogens is 264 g/mol. The average molecular weight is 303 g/mol. The Balaban J connectivity index is 1.48. The van der Waals surface area contributed by atoms with E-state index in [0.717, 1.165) is 35.5 Å². The van der Waals surface area contributed by atoms with Crippen LogP contribution >= 0.6 is 0 Å². The quantitative estimate of drug-likeness (QED) is 0.463. The van der Waals surface area contributed by atoms with Gasteiger partial charge in [-0.25, -0.2) is 0 Å². The lowest BCUT2D eigenvalue weighted by atomic mass is 9.71. The van der Waals surface area contributed by atoms with Crippen LogP contribution in [0.2, 0.25) is 0 Å². The molecule has 0 aromatic heterocycles. The van der Waals surface area contributed by atoms with Crippen LogP contribution in [-0.2, 0) is 0 Å². The van der Waals surface area contributed by atoms with Crippen molar-refractivity contribution in [2.24, 2.45) is 35.5 Å². The van der Waals surface area contributed by atoms with Crippen LogP contribution in [0.25, 0.3) is 0 Å². The maximum absolute atomic E-state index is 4.39. The summed E-state index contributed by atoms with van der Waals surface area (Å²) in [5.41, 5.74) is 1.49. The van der Waals surface area contributed by atoms with E-state index in [1.165, 1.54) is 76.2 Å². The molecule has 22 heavy (non-hydrogen) atoms. The molecule has 3 aliphatic rings. The highest BCUT2D eigenvalue weighted by Gasteiger charge is 2.35. The molecule has 0 bridgehead atoms. The van der Waals surface area contributed by atoms with Crippen LogP contribution in [-0.4, -0.2) is 0 Å². The summed E-state index contributed by atoms with van der Waals surface area (Å²) in [6.45, 7) is 9.13. The summed E-state index contributed by atoms with van der Waals surface area (Å²) in [6.07, 6.45) is 18.1. The van der Waals surface area contributed by atoms with Crippen LogP contribution in [0.5, 0.6) is 0 Å². The molecular formula is C22H38. The van der Waals surface area contributed by atoms with Crippen LogP contribution in [0.1, 0.15) is 90.9 Å². The van der Waals surface area contributed by atoms with E-state index in [-0.39, 0.29) is 0 Å². The molecule has 0 aromatic rings. The van der Waals surface area contributed by atoms with Gasteiger partial charge in [0.2, 0.25) is 0 Å². The molecule has 0 nitrogen and oxygen atoms in total. The van der Waals surface area contributed by atoms with Gasteiger partial charge < -0.3 is 0 Å². The van der Waals surface area contributed by atoms with E-state index in [4.69, 9.17) is 0 Å². The van der Waals surface area contributed by atoms with E-state index in [1.54, 1.807) is 6.42 Å². The van der Waals surface area contributed by atoms with Crippen LogP contribution < -0.4 is 0 Å². The Labute approximate surface area is 139 Å². The van der Waals surface area contributed by atoms with Crippen molar-refractivity contribution < 1.29 is 0 Å². The second-order valence-corrected chi connectivity index (χ2v) is 9.31. The second kappa shape index (κ2) is 7.54. The van der Waals surface area contributed by atoms with Crippen molar-refractivity contribution in [2.45, 2.75) is 90.9 Å². The molecule has 3 fully saturated rings. The summed E-state index contributed by atoms with van der Waals surface area (Å²) in [6, 6.07) is 0. The zero-order chi connectivity index (χ0) is 15.5.